The number of hydrogen-bond donors (Lipinski definition) is 2. The molecule has 0 radical (unpaired) electrons. The van der Waals surface area contributed by atoms with Gasteiger partial charge in [-0.25, -0.2) is 0 Å². The summed E-state index contributed by atoms with van der Waals surface area (Å²) in [6.45, 7) is 11.2. The summed E-state index contributed by atoms with van der Waals surface area (Å²) in [5, 5.41) is 6.42. The summed E-state index contributed by atoms with van der Waals surface area (Å²) in [6, 6.07) is 0. The maximum absolute atomic E-state index is 12.2. The Morgan fingerprint density at radius 2 is 1.95 bits per heavy atom. The van der Waals surface area contributed by atoms with Crippen LogP contribution in [0.5, 0.6) is 0 Å². The van der Waals surface area contributed by atoms with Gasteiger partial charge in [-0.15, -0.1) is 24.8 Å². The minimum Gasteiger partial charge on any atom is -0.353 e. The predicted molar refractivity (Wildman–Crippen MR) is 90.2 cm³/mol. The van der Waals surface area contributed by atoms with E-state index in [2.05, 4.69) is 29.4 Å². The fourth-order valence-electron chi connectivity index (χ4n) is 2.52. The summed E-state index contributed by atoms with van der Waals surface area (Å²) in [5.41, 5.74) is -0.347. The predicted octanol–water partition coefficient (Wildman–Crippen LogP) is 2.21. The van der Waals surface area contributed by atoms with Crippen LogP contribution < -0.4 is 10.6 Å². The molecule has 0 aromatic rings. The summed E-state index contributed by atoms with van der Waals surface area (Å²) in [6.07, 6.45) is 4.45. The molecule has 1 aliphatic heterocycles. The van der Waals surface area contributed by atoms with Gasteiger partial charge < -0.3 is 15.5 Å². The number of likely N-dealkylation sites (N-methyl/N-ethyl adjacent to an activating group) is 1. The van der Waals surface area contributed by atoms with E-state index in [4.69, 9.17) is 0 Å². The quantitative estimate of drug-likeness (QED) is 0.753. The molecule has 1 unspecified atom stereocenters. The third-order valence-corrected chi connectivity index (χ3v) is 3.82. The molecule has 1 heterocycles. The maximum Gasteiger partial charge on any atom is 0.240 e. The van der Waals surface area contributed by atoms with Gasteiger partial charge in [0.1, 0.15) is 0 Å². The average molecular weight is 328 g/mol. The summed E-state index contributed by atoms with van der Waals surface area (Å²) in [4.78, 5) is 14.5. The molecule has 1 aliphatic rings. The van der Waals surface area contributed by atoms with Gasteiger partial charge in [-0.3, -0.25) is 4.79 Å². The van der Waals surface area contributed by atoms with E-state index >= 15 is 0 Å². The normalized spacial score (nSPS) is 21.8. The van der Waals surface area contributed by atoms with E-state index in [1.54, 1.807) is 0 Å². The van der Waals surface area contributed by atoms with Gasteiger partial charge in [0.2, 0.25) is 5.91 Å². The molecule has 122 valence electrons. The Morgan fingerprint density at radius 1 is 1.25 bits per heavy atom. The van der Waals surface area contributed by atoms with Crippen LogP contribution in [0.25, 0.3) is 0 Å². The van der Waals surface area contributed by atoms with E-state index in [9.17, 15) is 4.79 Å². The van der Waals surface area contributed by atoms with Crippen LogP contribution >= 0.6 is 24.8 Å². The topological polar surface area (TPSA) is 44.4 Å². The molecular formula is C14H31Cl2N3O. The van der Waals surface area contributed by atoms with Crippen LogP contribution in [0.15, 0.2) is 0 Å². The fraction of sp³-hybridized carbons (Fsp3) is 0.929. The van der Waals surface area contributed by atoms with Crippen molar-refractivity contribution in [1.29, 1.82) is 0 Å². The minimum atomic E-state index is -0.347. The second kappa shape index (κ2) is 11.6. The first-order chi connectivity index (χ1) is 8.62. The molecule has 20 heavy (non-hydrogen) atoms. The van der Waals surface area contributed by atoms with Crippen LogP contribution in [-0.2, 0) is 4.79 Å². The van der Waals surface area contributed by atoms with Gasteiger partial charge in [0.05, 0.1) is 5.54 Å². The lowest BCUT2D eigenvalue weighted by Gasteiger charge is -2.33. The lowest BCUT2D eigenvalue weighted by molar-refractivity contribution is -0.128. The van der Waals surface area contributed by atoms with Crippen molar-refractivity contribution in [3.63, 3.8) is 0 Å². The van der Waals surface area contributed by atoms with Crippen molar-refractivity contribution in [2.45, 2.75) is 52.0 Å². The first kappa shape index (κ1) is 22.3. The molecular weight excluding hydrogens is 297 g/mol. The van der Waals surface area contributed by atoms with E-state index in [0.717, 1.165) is 45.6 Å². The third kappa shape index (κ3) is 7.11. The molecule has 0 bridgehead atoms. The molecule has 1 rings (SSSR count). The monoisotopic (exact) mass is 327 g/mol. The highest BCUT2D eigenvalue weighted by Gasteiger charge is 2.33. The van der Waals surface area contributed by atoms with Crippen molar-refractivity contribution in [3.05, 3.63) is 0 Å². The molecule has 1 amide bonds. The Bertz CT molecular complexity index is 259. The Morgan fingerprint density at radius 3 is 2.45 bits per heavy atom. The van der Waals surface area contributed by atoms with Crippen molar-refractivity contribution >= 4 is 30.7 Å². The van der Waals surface area contributed by atoms with E-state index in [-0.39, 0.29) is 36.3 Å². The second-order valence-corrected chi connectivity index (χ2v) is 5.41. The molecule has 0 saturated carbocycles. The Kier molecular flexibility index (Phi) is 12.9. The lowest BCUT2D eigenvalue weighted by atomic mass is 9.90. The molecule has 2 N–H and O–H groups in total. The van der Waals surface area contributed by atoms with Crippen molar-refractivity contribution in [2.75, 3.05) is 32.7 Å². The van der Waals surface area contributed by atoms with Crippen LogP contribution in [0.3, 0.4) is 0 Å². The van der Waals surface area contributed by atoms with Gasteiger partial charge in [0, 0.05) is 13.1 Å². The van der Waals surface area contributed by atoms with Gasteiger partial charge >= 0.3 is 0 Å². The zero-order chi connectivity index (χ0) is 13.4. The fourth-order valence-corrected chi connectivity index (χ4v) is 2.52. The van der Waals surface area contributed by atoms with Crippen LogP contribution in [-0.4, -0.2) is 49.1 Å². The first-order valence-electron chi connectivity index (χ1n) is 7.38. The molecule has 1 saturated heterocycles. The zero-order valence-electron chi connectivity index (χ0n) is 13.0. The van der Waals surface area contributed by atoms with E-state index in [0.29, 0.717) is 0 Å². The number of carbonyl (C=O) groups is 1. The van der Waals surface area contributed by atoms with Crippen LogP contribution in [0.1, 0.15) is 46.5 Å². The summed E-state index contributed by atoms with van der Waals surface area (Å²) in [5.74, 6) is 0.162. The van der Waals surface area contributed by atoms with Gasteiger partial charge in [0.15, 0.2) is 0 Å². The van der Waals surface area contributed by atoms with Crippen molar-refractivity contribution in [3.8, 4) is 0 Å². The number of nitrogens with zero attached hydrogens (tertiary/aromatic N) is 1. The number of rotatable bonds is 7. The standard InChI is InChI=1S/C14H29N3O.2ClH/c1-4-11-17(5-2)12-10-15-13(18)14(3)8-6-7-9-16-14;;/h16H,4-12H2,1-3H3,(H,15,18);2*1H. The van der Waals surface area contributed by atoms with Crippen molar-refractivity contribution in [2.24, 2.45) is 0 Å². The Balaban J connectivity index is 0. The number of amides is 1. The average Bonchev–Trinajstić information content (AvgIpc) is 2.38. The van der Waals surface area contributed by atoms with Crippen LogP contribution in [0.4, 0.5) is 0 Å². The first-order valence-corrected chi connectivity index (χ1v) is 7.38. The highest BCUT2D eigenvalue weighted by Crippen LogP contribution is 2.18. The van der Waals surface area contributed by atoms with Gasteiger partial charge in [-0.2, -0.15) is 0 Å². The summed E-state index contributed by atoms with van der Waals surface area (Å²) < 4.78 is 0. The number of carbonyl (C=O) groups excluding carboxylic acids is 1. The second-order valence-electron chi connectivity index (χ2n) is 5.41. The minimum absolute atomic E-state index is 0. The molecule has 6 heteroatoms. The zero-order valence-corrected chi connectivity index (χ0v) is 14.7. The van der Waals surface area contributed by atoms with Gasteiger partial charge in [0.25, 0.3) is 0 Å². The number of halogens is 2. The summed E-state index contributed by atoms with van der Waals surface area (Å²) >= 11 is 0. The maximum atomic E-state index is 12.2. The van der Waals surface area contributed by atoms with Crippen molar-refractivity contribution in [1.82, 2.24) is 15.5 Å². The molecule has 0 aromatic heterocycles. The van der Waals surface area contributed by atoms with E-state index < -0.39 is 0 Å². The number of piperidine rings is 1. The molecule has 0 aromatic carbocycles. The lowest BCUT2D eigenvalue weighted by Crippen LogP contribution is -2.57. The van der Waals surface area contributed by atoms with Crippen molar-refractivity contribution < 1.29 is 4.79 Å². The number of hydrogen-bond acceptors (Lipinski definition) is 3. The Labute approximate surface area is 136 Å². The highest BCUT2D eigenvalue weighted by atomic mass is 35.5. The summed E-state index contributed by atoms with van der Waals surface area (Å²) in [7, 11) is 0. The molecule has 0 aliphatic carbocycles. The van der Waals surface area contributed by atoms with Gasteiger partial charge in [-0.1, -0.05) is 13.8 Å². The van der Waals surface area contributed by atoms with E-state index in [1.807, 2.05) is 6.92 Å². The SMILES string of the molecule is CCCN(CC)CCNC(=O)C1(C)CCCCN1.Cl.Cl. The largest absolute Gasteiger partial charge is 0.353 e. The Hall–Kier alpha value is -0.0300. The smallest absolute Gasteiger partial charge is 0.240 e. The molecule has 4 nitrogen and oxygen atoms in total. The van der Waals surface area contributed by atoms with E-state index in [1.165, 1.54) is 12.8 Å². The number of nitrogens with one attached hydrogen (secondary N) is 2. The molecule has 0 spiro atoms. The third-order valence-electron chi connectivity index (χ3n) is 3.82. The highest BCUT2D eigenvalue weighted by molar-refractivity contribution is 5.86. The molecule has 1 fully saturated rings. The molecule has 1 atom stereocenters. The van der Waals surface area contributed by atoms with Crippen LogP contribution in [0.2, 0.25) is 0 Å². The van der Waals surface area contributed by atoms with Gasteiger partial charge in [-0.05, 0) is 52.2 Å². The van der Waals surface area contributed by atoms with Crippen LogP contribution in [0, 0.1) is 0 Å².